The number of aldehydes is 1. The molecule has 5 nitrogen and oxygen atoms in total. The minimum Gasteiger partial charge on any atom is -0.392 e. The second-order valence-corrected chi connectivity index (χ2v) is 6.51. The standard InChI is InChI=1S/C15H25NO4/c17-11-12-10-15(16(19)20,9-5-8-14(12)18)13-6-3-1-2-4-7-13/h11-14,18H,1-10H2. The zero-order valence-corrected chi connectivity index (χ0v) is 12.0. The van der Waals surface area contributed by atoms with E-state index >= 15 is 0 Å². The van der Waals surface area contributed by atoms with Gasteiger partial charge in [0.2, 0.25) is 5.54 Å². The minimum absolute atomic E-state index is 0.0627. The van der Waals surface area contributed by atoms with Crippen molar-refractivity contribution >= 4 is 6.29 Å². The third kappa shape index (κ3) is 3.03. The number of nitrogens with zero attached hydrogens (tertiary/aromatic N) is 1. The van der Waals surface area contributed by atoms with Crippen LogP contribution < -0.4 is 0 Å². The number of aliphatic hydroxyl groups excluding tert-OH is 1. The highest BCUT2D eigenvalue weighted by Gasteiger charge is 2.52. The van der Waals surface area contributed by atoms with Crippen molar-refractivity contribution in [2.24, 2.45) is 11.8 Å². The van der Waals surface area contributed by atoms with Crippen LogP contribution in [0.5, 0.6) is 0 Å². The number of hydrogen-bond acceptors (Lipinski definition) is 4. The lowest BCUT2D eigenvalue weighted by molar-refractivity contribution is -0.585. The smallest absolute Gasteiger partial charge is 0.225 e. The van der Waals surface area contributed by atoms with E-state index in [4.69, 9.17) is 0 Å². The van der Waals surface area contributed by atoms with Crippen molar-refractivity contribution < 1.29 is 14.8 Å². The van der Waals surface area contributed by atoms with Crippen LogP contribution in [0.2, 0.25) is 0 Å². The summed E-state index contributed by atoms with van der Waals surface area (Å²) in [5, 5.41) is 21.8. The quantitative estimate of drug-likeness (QED) is 0.374. The number of carbonyl (C=O) groups excluding carboxylic acids is 1. The van der Waals surface area contributed by atoms with Crippen LogP contribution in [0.4, 0.5) is 0 Å². The molecule has 0 heterocycles. The molecule has 20 heavy (non-hydrogen) atoms. The Bertz CT molecular complexity index is 352. The van der Waals surface area contributed by atoms with Gasteiger partial charge in [-0.1, -0.05) is 25.7 Å². The Balaban J connectivity index is 2.26. The van der Waals surface area contributed by atoms with Gasteiger partial charge < -0.3 is 9.90 Å². The van der Waals surface area contributed by atoms with Crippen LogP contribution in [-0.4, -0.2) is 28.0 Å². The van der Waals surface area contributed by atoms with Crippen LogP contribution in [0, 0.1) is 22.0 Å². The summed E-state index contributed by atoms with van der Waals surface area (Å²) in [6.45, 7) is 0. The highest BCUT2D eigenvalue weighted by molar-refractivity contribution is 5.54. The van der Waals surface area contributed by atoms with Gasteiger partial charge in [-0.3, -0.25) is 10.1 Å². The first kappa shape index (κ1) is 15.4. The molecule has 0 aliphatic heterocycles. The van der Waals surface area contributed by atoms with Gasteiger partial charge >= 0.3 is 0 Å². The molecular formula is C15H25NO4. The largest absolute Gasteiger partial charge is 0.392 e. The van der Waals surface area contributed by atoms with Gasteiger partial charge in [-0.15, -0.1) is 0 Å². The highest BCUT2D eigenvalue weighted by atomic mass is 16.6. The van der Waals surface area contributed by atoms with Gasteiger partial charge in [-0.25, -0.2) is 0 Å². The van der Waals surface area contributed by atoms with Gasteiger partial charge in [0.25, 0.3) is 0 Å². The number of aliphatic hydroxyl groups is 1. The van der Waals surface area contributed by atoms with Gasteiger partial charge in [0, 0.05) is 29.6 Å². The third-order valence-electron chi connectivity index (χ3n) is 5.35. The molecule has 0 saturated heterocycles. The Morgan fingerprint density at radius 3 is 2.30 bits per heavy atom. The van der Waals surface area contributed by atoms with Crippen LogP contribution in [0.15, 0.2) is 0 Å². The van der Waals surface area contributed by atoms with Crippen molar-refractivity contribution in [3.63, 3.8) is 0 Å². The Kier molecular flexibility index (Phi) is 5.13. The van der Waals surface area contributed by atoms with E-state index in [0.29, 0.717) is 19.3 Å². The lowest BCUT2D eigenvalue weighted by atomic mass is 9.72. The lowest BCUT2D eigenvalue weighted by Crippen LogP contribution is -2.47. The summed E-state index contributed by atoms with van der Waals surface area (Å²) >= 11 is 0. The summed E-state index contributed by atoms with van der Waals surface area (Å²) < 4.78 is 0. The van der Waals surface area contributed by atoms with E-state index < -0.39 is 17.6 Å². The van der Waals surface area contributed by atoms with E-state index in [1.807, 2.05) is 0 Å². The van der Waals surface area contributed by atoms with Gasteiger partial charge in [-0.05, 0) is 25.7 Å². The molecule has 2 fully saturated rings. The van der Waals surface area contributed by atoms with Gasteiger partial charge in [-0.2, -0.15) is 0 Å². The normalized spacial score (nSPS) is 36.9. The minimum atomic E-state index is -0.993. The second kappa shape index (κ2) is 6.66. The zero-order chi connectivity index (χ0) is 14.6. The molecule has 1 N–H and O–H groups in total. The number of carbonyl (C=O) groups is 1. The van der Waals surface area contributed by atoms with Crippen molar-refractivity contribution in [2.75, 3.05) is 0 Å². The summed E-state index contributed by atoms with van der Waals surface area (Å²) in [7, 11) is 0. The van der Waals surface area contributed by atoms with E-state index in [9.17, 15) is 20.0 Å². The zero-order valence-electron chi connectivity index (χ0n) is 12.0. The van der Waals surface area contributed by atoms with Crippen molar-refractivity contribution in [1.82, 2.24) is 0 Å². The van der Waals surface area contributed by atoms with Crippen molar-refractivity contribution in [3.8, 4) is 0 Å². The molecule has 0 radical (unpaired) electrons. The lowest BCUT2D eigenvalue weighted by Gasteiger charge is -2.33. The molecule has 0 spiro atoms. The third-order valence-corrected chi connectivity index (χ3v) is 5.35. The molecule has 3 atom stereocenters. The van der Waals surface area contributed by atoms with Crippen molar-refractivity contribution in [2.45, 2.75) is 75.9 Å². The SMILES string of the molecule is O=CC1CC(C2CCCCCC2)([N+](=O)[O-])CCCC1O. The van der Waals surface area contributed by atoms with Crippen LogP contribution in [-0.2, 0) is 4.79 Å². The van der Waals surface area contributed by atoms with Gasteiger partial charge in [0.15, 0.2) is 0 Å². The first-order valence-corrected chi connectivity index (χ1v) is 7.88. The first-order valence-electron chi connectivity index (χ1n) is 7.88. The molecule has 0 amide bonds. The average Bonchev–Trinajstić information content (AvgIpc) is 2.78. The molecule has 5 heteroatoms. The van der Waals surface area contributed by atoms with Gasteiger partial charge in [0.1, 0.15) is 6.29 Å². The molecule has 2 aliphatic rings. The second-order valence-electron chi connectivity index (χ2n) is 6.51. The summed E-state index contributed by atoms with van der Waals surface area (Å²) in [6, 6.07) is 0. The molecule has 3 unspecified atom stereocenters. The monoisotopic (exact) mass is 283 g/mol. The Morgan fingerprint density at radius 2 is 1.75 bits per heavy atom. The van der Waals surface area contributed by atoms with Gasteiger partial charge in [0.05, 0.1) is 6.10 Å². The van der Waals surface area contributed by atoms with Crippen LogP contribution in [0.1, 0.15) is 64.2 Å². The predicted octanol–water partition coefficient (Wildman–Crippen LogP) is 2.72. The summed E-state index contributed by atoms with van der Waals surface area (Å²) in [5.41, 5.74) is -0.993. The highest BCUT2D eigenvalue weighted by Crippen LogP contribution is 2.43. The fourth-order valence-electron chi connectivity index (χ4n) is 4.12. The maximum atomic E-state index is 11.8. The number of hydrogen-bond donors (Lipinski definition) is 1. The van der Waals surface area contributed by atoms with Crippen LogP contribution in [0.3, 0.4) is 0 Å². The molecule has 114 valence electrons. The molecular weight excluding hydrogens is 258 g/mol. The maximum absolute atomic E-state index is 11.8. The maximum Gasteiger partial charge on any atom is 0.225 e. The van der Waals surface area contributed by atoms with Crippen molar-refractivity contribution in [1.29, 1.82) is 0 Å². The first-order chi connectivity index (χ1) is 9.60. The van der Waals surface area contributed by atoms with E-state index in [-0.39, 0.29) is 17.3 Å². The molecule has 2 saturated carbocycles. The molecule has 0 bridgehead atoms. The van der Waals surface area contributed by atoms with E-state index in [2.05, 4.69) is 0 Å². The molecule has 2 aliphatic carbocycles. The fraction of sp³-hybridized carbons (Fsp3) is 0.933. The predicted molar refractivity (Wildman–Crippen MR) is 74.9 cm³/mol. The molecule has 0 aromatic carbocycles. The summed E-state index contributed by atoms with van der Waals surface area (Å²) in [6.07, 6.45) is 8.09. The Labute approximate surface area is 119 Å². The summed E-state index contributed by atoms with van der Waals surface area (Å²) in [4.78, 5) is 22.9. The van der Waals surface area contributed by atoms with E-state index in [0.717, 1.165) is 44.8 Å². The average molecular weight is 283 g/mol. The Morgan fingerprint density at radius 1 is 1.10 bits per heavy atom. The molecule has 2 rings (SSSR count). The number of rotatable bonds is 3. The van der Waals surface area contributed by atoms with E-state index in [1.54, 1.807) is 0 Å². The van der Waals surface area contributed by atoms with Crippen LogP contribution in [0.25, 0.3) is 0 Å². The number of nitro groups is 1. The summed E-state index contributed by atoms with van der Waals surface area (Å²) in [5.74, 6) is -0.515. The topological polar surface area (TPSA) is 80.4 Å². The van der Waals surface area contributed by atoms with E-state index in [1.165, 1.54) is 0 Å². The van der Waals surface area contributed by atoms with Crippen molar-refractivity contribution in [3.05, 3.63) is 10.1 Å². The molecule has 0 aromatic rings. The fourth-order valence-corrected chi connectivity index (χ4v) is 4.12. The van der Waals surface area contributed by atoms with Crippen LogP contribution >= 0.6 is 0 Å². The Hall–Kier alpha value is -0.970. The molecule has 0 aromatic heterocycles.